The molecule has 184 valence electrons. The third kappa shape index (κ3) is 5.31. The fourth-order valence-corrected chi connectivity index (χ4v) is 3.65. The standard InChI is InChI=1S/C25H19ClN8O3/c26-20-12-5-4-10-18(20)15-36-19-11-6-7-16(13-19)14-28-30-25(35)21-22(17-8-2-1-3-9-17)34(33-29-21)24-23(27)31-37-32-24/h1-14H,15H2,(H2,27,31)(H,30,35). The summed E-state index contributed by atoms with van der Waals surface area (Å²) in [4.78, 5) is 13.0. The molecule has 0 saturated heterocycles. The molecule has 5 aromatic rings. The van der Waals surface area contributed by atoms with Crippen molar-refractivity contribution in [3.05, 3.63) is 101 Å². The lowest BCUT2D eigenvalue weighted by molar-refractivity contribution is 0.0950. The number of carbonyl (C=O) groups excluding carboxylic acids is 1. The minimum atomic E-state index is -0.581. The molecule has 0 aliphatic rings. The lowest BCUT2D eigenvalue weighted by Gasteiger charge is -2.08. The zero-order valence-electron chi connectivity index (χ0n) is 19.2. The highest BCUT2D eigenvalue weighted by Gasteiger charge is 2.25. The highest BCUT2D eigenvalue weighted by Crippen LogP contribution is 2.26. The van der Waals surface area contributed by atoms with Crippen molar-refractivity contribution in [3.8, 4) is 22.8 Å². The van der Waals surface area contributed by atoms with Crippen LogP contribution in [-0.2, 0) is 6.61 Å². The Kier molecular flexibility index (Phi) is 6.86. The van der Waals surface area contributed by atoms with Crippen molar-refractivity contribution in [1.82, 2.24) is 30.7 Å². The number of ether oxygens (including phenoxy) is 1. The number of hydrogen-bond donors (Lipinski definition) is 2. The Hall–Kier alpha value is -5.03. The Morgan fingerprint density at radius 2 is 1.89 bits per heavy atom. The molecule has 2 heterocycles. The van der Waals surface area contributed by atoms with Gasteiger partial charge in [0.25, 0.3) is 5.91 Å². The number of amides is 1. The summed E-state index contributed by atoms with van der Waals surface area (Å²) in [5, 5.41) is 20.1. The number of nitrogen functional groups attached to an aromatic ring is 1. The number of nitrogens with zero attached hydrogens (tertiary/aromatic N) is 6. The first-order valence-corrected chi connectivity index (χ1v) is 11.4. The van der Waals surface area contributed by atoms with Crippen LogP contribution in [0, 0.1) is 0 Å². The van der Waals surface area contributed by atoms with Crippen LogP contribution in [-0.4, -0.2) is 37.4 Å². The first-order valence-electron chi connectivity index (χ1n) is 11.0. The van der Waals surface area contributed by atoms with Crippen molar-refractivity contribution >= 4 is 29.5 Å². The van der Waals surface area contributed by atoms with Crippen LogP contribution in [0.3, 0.4) is 0 Å². The molecule has 0 aliphatic carbocycles. The maximum atomic E-state index is 13.0. The second-order valence-corrected chi connectivity index (χ2v) is 8.10. The molecule has 0 atom stereocenters. The summed E-state index contributed by atoms with van der Waals surface area (Å²) >= 11 is 6.19. The van der Waals surface area contributed by atoms with Gasteiger partial charge in [0, 0.05) is 16.1 Å². The topological polar surface area (TPSA) is 146 Å². The smallest absolute Gasteiger partial charge is 0.294 e. The SMILES string of the molecule is Nc1nonc1-n1nnc(C(=O)NN=Cc2cccc(OCc3ccccc3Cl)c2)c1-c1ccccc1. The van der Waals surface area contributed by atoms with Crippen LogP contribution in [0.2, 0.25) is 5.02 Å². The molecule has 0 bridgehead atoms. The molecule has 1 amide bonds. The van der Waals surface area contributed by atoms with E-state index in [1.807, 2.05) is 60.7 Å². The van der Waals surface area contributed by atoms with E-state index in [9.17, 15) is 4.79 Å². The van der Waals surface area contributed by atoms with Gasteiger partial charge in [-0.15, -0.1) is 5.10 Å². The minimum Gasteiger partial charge on any atom is -0.489 e. The summed E-state index contributed by atoms with van der Waals surface area (Å²) in [7, 11) is 0. The predicted molar refractivity (Wildman–Crippen MR) is 136 cm³/mol. The van der Waals surface area contributed by atoms with E-state index in [0.29, 0.717) is 34.2 Å². The van der Waals surface area contributed by atoms with Crippen molar-refractivity contribution in [1.29, 1.82) is 0 Å². The number of nitrogens with two attached hydrogens (primary N) is 1. The summed E-state index contributed by atoms with van der Waals surface area (Å²) in [5.41, 5.74) is 10.9. The van der Waals surface area contributed by atoms with Crippen LogP contribution in [0.25, 0.3) is 17.1 Å². The molecular weight excluding hydrogens is 496 g/mol. The van der Waals surface area contributed by atoms with Gasteiger partial charge in [-0.1, -0.05) is 77.5 Å². The zero-order chi connectivity index (χ0) is 25.6. The van der Waals surface area contributed by atoms with E-state index in [2.05, 4.69) is 35.8 Å². The number of benzene rings is 3. The van der Waals surface area contributed by atoms with Gasteiger partial charge in [0.15, 0.2) is 5.69 Å². The van der Waals surface area contributed by atoms with Crippen molar-refractivity contribution in [2.24, 2.45) is 5.10 Å². The van der Waals surface area contributed by atoms with Gasteiger partial charge in [-0.2, -0.15) is 9.78 Å². The predicted octanol–water partition coefficient (Wildman–Crippen LogP) is 3.90. The number of aromatic nitrogens is 5. The summed E-state index contributed by atoms with van der Waals surface area (Å²) in [5.74, 6) is 0.164. The zero-order valence-corrected chi connectivity index (χ0v) is 19.9. The van der Waals surface area contributed by atoms with E-state index in [1.54, 1.807) is 18.2 Å². The average molecular weight is 515 g/mol. The summed E-state index contributed by atoms with van der Waals surface area (Å²) in [6.07, 6.45) is 1.49. The van der Waals surface area contributed by atoms with Crippen LogP contribution in [0.1, 0.15) is 21.6 Å². The van der Waals surface area contributed by atoms with Gasteiger partial charge in [0.1, 0.15) is 18.1 Å². The largest absolute Gasteiger partial charge is 0.489 e. The van der Waals surface area contributed by atoms with E-state index in [0.717, 1.165) is 5.56 Å². The molecule has 11 nitrogen and oxygen atoms in total. The van der Waals surface area contributed by atoms with Gasteiger partial charge in [-0.05, 0) is 34.1 Å². The van der Waals surface area contributed by atoms with Gasteiger partial charge in [0.05, 0.1) is 6.21 Å². The number of nitrogens with one attached hydrogen (secondary N) is 1. The number of hydrazone groups is 1. The van der Waals surface area contributed by atoms with Gasteiger partial charge >= 0.3 is 0 Å². The Bertz CT molecular complexity index is 1570. The average Bonchev–Trinajstić information content (AvgIpc) is 3.55. The Balaban J connectivity index is 1.32. The minimum absolute atomic E-state index is 0.00342. The number of halogens is 1. The van der Waals surface area contributed by atoms with Crippen LogP contribution in [0.5, 0.6) is 5.75 Å². The number of hydrogen-bond acceptors (Lipinski definition) is 9. The molecule has 0 saturated carbocycles. The maximum absolute atomic E-state index is 13.0. The van der Waals surface area contributed by atoms with Gasteiger partial charge in [-0.25, -0.2) is 10.1 Å². The molecule has 12 heteroatoms. The van der Waals surface area contributed by atoms with Crippen molar-refractivity contribution in [3.63, 3.8) is 0 Å². The Labute approximate surface area is 215 Å². The molecular formula is C25H19ClN8O3. The summed E-state index contributed by atoms with van der Waals surface area (Å²) in [6, 6.07) is 23.8. The van der Waals surface area contributed by atoms with Gasteiger partial charge < -0.3 is 10.5 Å². The Morgan fingerprint density at radius 3 is 2.68 bits per heavy atom. The first kappa shape index (κ1) is 23.7. The first-order chi connectivity index (χ1) is 18.1. The van der Waals surface area contributed by atoms with Gasteiger partial charge in [0.2, 0.25) is 11.6 Å². The van der Waals surface area contributed by atoms with Gasteiger partial charge in [-0.3, -0.25) is 4.79 Å². The number of carbonyl (C=O) groups is 1. The van der Waals surface area contributed by atoms with E-state index in [-0.39, 0.29) is 17.3 Å². The molecule has 0 unspecified atom stereocenters. The fourth-order valence-electron chi connectivity index (χ4n) is 3.46. The molecule has 0 radical (unpaired) electrons. The lowest BCUT2D eigenvalue weighted by Crippen LogP contribution is -2.19. The van der Waals surface area contributed by atoms with Crippen LogP contribution in [0.15, 0.2) is 88.6 Å². The quantitative estimate of drug-likeness (QED) is 0.234. The second-order valence-electron chi connectivity index (χ2n) is 7.69. The monoisotopic (exact) mass is 514 g/mol. The summed E-state index contributed by atoms with van der Waals surface area (Å²) in [6.45, 7) is 0.320. The fraction of sp³-hybridized carbons (Fsp3) is 0.0400. The van der Waals surface area contributed by atoms with E-state index in [4.69, 9.17) is 22.1 Å². The van der Waals surface area contributed by atoms with E-state index >= 15 is 0 Å². The molecule has 3 aromatic carbocycles. The molecule has 2 aromatic heterocycles. The molecule has 37 heavy (non-hydrogen) atoms. The Morgan fingerprint density at radius 1 is 1.08 bits per heavy atom. The van der Waals surface area contributed by atoms with Crippen molar-refractivity contribution in [2.75, 3.05) is 5.73 Å². The van der Waals surface area contributed by atoms with Crippen molar-refractivity contribution < 1.29 is 14.2 Å². The molecule has 0 fully saturated rings. The molecule has 0 spiro atoms. The summed E-state index contributed by atoms with van der Waals surface area (Å²) < 4.78 is 11.8. The van der Waals surface area contributed by atoms with Crippen LogP contribution in [0.4, 0.5) is 5.82 Å². The second kappa shape index (κ2) is 10.7. The molecule has 3 N–H and O–H groups in total. The third-order valence-corrected chi connectivity index (χ3v) is 5.59. The van der Waals surface area contributed by atoms with Crippen LogP contribution >= 0.6 is 11.6 Å². The number of anilines is 1. The highest BCUT2D eigenvalue weighted by molar-refractivity contribution is 6.31. The lowest BCUT2D eigenvalue weighted by atomic mass is 10.1. The number of rotatable bonds is 8. The molecule has 5 rings (SSSR count). The van der Waals surface area contributed by atoms with E-state index in [1.165, 1.54) is 10.9 Å². The molecule has 0 aliphatic heterocycles. The highest BCUT2D eigenvalue weighted by atomic mass is 35.5. The van der Waals surface area contributed by atoms with Crippen molar-refractivity contribution in [2.45, 2.75) is 6.61 Å². The normalized spacial score (nSPS) is 11.1. The maximum Gasteiger partial charge on any atom is 0.294 e. The van der Waals surface area contributed by atoms with E-state index < -0.39 is 5.91 Å². The third-order valence-electron chi connectivity index (χ3n) is 5.22. The van der Waals surface area contributed by atoms with Crippen LogP contribution < -0.4 is 15.9 Å².